The highest BCUT2D eigenvalue weighted by Crippen LogP contribution is 2.31. The minimum atomic E-state index is 0.493. The van der Waals surface area contributed by atoms with Gasteiger partial charge in [0.15, 0.2) is 0 Å². The van der Waals surface area contributed by atoms with E-state index < -0.39 is 0 Å². The summed E-state index contributed by atoms with van der Waals surface area (Å²) < 4.78 is 0. The Morgan fingerprint density at radius 1 is 1.26 bits per heavy atom. The molecule has 1 saturated heterocycles. The fourth-order valence-corrected chi connectivity index (χ4v) is 2.60. The van der Waals surface area contributed by atoms with Crippen LogP contribution in [0.4, 0.5) is 5.82 Å². The molecule has 1 aliphatic heterocycles. The summed E-state index contributed by atoms with van der Waals surface area (Å²) in [5, 5.41) is 3.39. The van der Waals surface area contributed by atoms with Gasteiger partial charge < -0.3 is 10.2 Å². The molecule has 0 aliphatic carbocycles. The molecule has 0 amide bonds. The Morgan fingerprint density at radius 2 is 1.95 bits per heavy atom. The molecule has 19 heavy (non-hydrogen) atoms. The molecule has 0 unspecified atom stereocenters. The molecule has 3 nitrogen and oxygen atoms in total. The summed E-state index contributed by atoms with van der Waals surface area (Å²) in [7, 11) is 0. The van der Waals surface area contributed by atoms with Crippen molar-refractivity contribution in [2.24, 2.45) is 5.41 Å². The molecule has 0 bridgehead atoms. The summed E-state index contributed by atoms with van der Waals surface area (Å²) in [6.45, 7) is 13.2. The average molecular weight is 261 g/mol. The van der Waals surface area contributed by atoms with Crippen molar-refractivity contribution in [3.8, 4) is 0 Å². The highest BCUT2D eigenvalue weighted by atomic mass is 15.2. The molecule has 1 aliphatic rings. The lowest BCUT2D eigenvalue weighted by Gasteiger charge is -2.37. The molecule has 1 N–H and O–H groups in total. The van der Waals surface area contributed by atoms with Crippen LogP contribution in [-0.4, -0.2) is 24.6 Å². The zero-order valence-corrected chi connectivity index (χ0v) is 12.8. The van der Waals surface area contributed by atoms with E-state index in [-0.39, 0.29) is 0 Å². The van der Waals surface area contributed by atoms with Crippen molar-refractivity contribution in [2.45, 2.75) is 47.1 Å². The van der Waals surface area contributed by atoms with Gasteiger partial charge in [-0.1, -0.05) is 20.8 Å². The maximum Gasteiger partial charge on any atom is 0.129 e. The number of aryl methyl sites for hydroxylation is 1. The molecule has 0 spiro atoms. The third-order valence-corrected chi connectivity index (χ3v) is 4.02. The summed E-state index contributed by atoms with van der Waals surface area (Å²) in [5.74, 6) is 1.16. The third-order valence-electron chi connectivity index (χ3n) is 4.02. The second-order valence-corrected chi connectivity index (χ2v) is 6.41. The maximum absolute atomic E-state index is 4.71. The lowest BCUT2D eigenvalue weighted by molar-refractivity contribution is 0.279. The second kappa shape index (κ2) is 5.91. The zero-order chi connectivity index (χ0) is 13.9. The maximum atomic E-state index is 4.71. The van der Waals surface area contributed by atoms with Crippen molar-refractivity contribution < 1.29 is 0 Å². The summed E-state index contributed by atoms with van der Waals surface area (Å²) in [6, 6.07) is 4.42. The lowest BCUT2D eigenvalue weighted by Crippen LogP contribution is -2.37. The Kier molecular flexibility index (Phi) is 4.46. The predicted octanol–water partition coefficient (Wildman–Crippen LogP) is 3.13. The fraction of sp³-hybridized carbons (Fsp3) is 0.688. The van der Waals surface area contributed by atoms with Gasteiger partial charge in [-0.25, -0.2) is 4.98 Å². The zero-order valence-electron chi connectivity index (χ0n) is 12.8. The van der Waals surface area contributed by atoms with Crippen LogP contribution in [0, 0.1) is 12.3 Å². The number of hydrogen-bond donors (Lipinski definition) is 1. The largest absolute Gasteiger partial charge is 0.357 e. The van der Waals surface area contributed by atoms with E-state index in [1.54, 1.807) is 0 Å². The number of hydrogen-bond acceptors (Lipinski definition) is 3. The number of rotatable bonds is 4. The van der Waals surface area contributed by atoms with Crippen LogP contribution >= 0.6 is 0 Å². The Hall–Kier alpha value is -1.09. The number of pyridine rings is 1. The van der Waals surface area contributed by atoms with Crippen LogP contribution in [0.2, 0.25) is 0 Å². The standard InChI is InChI=1S/C16H27N3/c1-5-17-12-14-10-13(2)18-15(11-14)19-8-6-16(3,4)7-9-19/h10-11,17H,5-9,12H2,1-4H3. The Morgan fingerprint density at radius 3 is 2.58 bits per heavy atom. The third kappa shape index (κ3) is 3.93. The Bertz CT molecular complexity index is 416. The first kappa shape index (κ1) is 14.3. The van der Waals surface area contributed by atoms with Crippen molar-refractivity contribution in [1.82, 2.24) is 10.3 Å². The predicted molar refractivity (Wildman–Crippen MR) is 81.6 cm³/mol. The average Bonchev–Trinajstić information content (AvgIpc) is 2.35. The molecule has 3 heteroatoms. The van der Waals surface area contributed by atoms with Gasteiger partial charge in [0, 0.05) is 25.3 Å². The van der Waals surface area contributed by atoms with Crippen LogP contribution in [0.15, 0.2) is 12.1 Å². The van der Waals surface area contributed by atoms with E-state index >= 15 is 0 Å². The van der Waals surface area contributed by atoms with Crippen LogP contribution in [0.25, 0.3) is 0 Å². The molecule has 1 aromatic rings. The van der Waals surface area contributed by atoms with E-state index in [0.29, 0.717) is 5.41 Å². The van der Waals surface area contributed by atoms with Crippen LogP contribution in [-0.2, 0) is 6.54 Å². The Balaban J connectivity index is 2.09. The summed E-state index contributed by atoms with van der Waals surface area (Å²) in [4.78, 5) is 7.15. The molecule has 1 fully saturated rings. The molecular formula is C16H27N3. The molecular weight excluding hydrogens is 234 g/mol. The minimum absolute atomic E-state index is 0.493. The molecule has 0 atom stereocenters. The summed E-state index contributed by atoms with van der Waals surface area (Å²) >= 11 is 0. The normalized spacial score (nSPS) is 18.6. The van der Waals surface area contributed by atoms with Crippen molar-refractivity contribution in [1.29, 1.82) is 0 Å². The van der Waals surface area contributed by atoms with E-state index in [1.807, 2.05) is 0 Å². The smallest absolute Gasteiger partial charge is 0.129 e. The number of aromatic nitrogens is 1. The van der Waals surface area contributed by atoms with Crippen molar-refractivity contribution in [3.63, 3.8) is 0 Å². The monoisotopic (exact) mass is 261 g/mol. The highest BCUT2D eigenvalue weighted by molar-refractivity contribution is 5.43. The van der Waals surface area contributed by atoms with E-state index in [4.69, 9.17) is 4.98 Å². The second-order valence-electron chi connectivity index (χ2n) is 6.41. The van der Waals surface area contributed by atoms with Crippen LogP contribution in [0.1, 0.15) is 44.9 Å². The van der Waals surface area contributed by atoms with E-state index in [0.717, 1.165) is 37.7 Å². The fourth-order valence-electron chi connectivity index (χ4n) is 2.60. The molecule has 0 radical (unpaired) electrons. The van der Waals surface area contributed by atoms with Crippen LogP contribution in [0.5, 0.6) is 0 Å². The van der Waals surface area contributed by atoms with Gasteiger partial charge in [-0.3, -0.25) is 0 Å². The van der Waals surface area contributed by atoms with Gasteiger partial charge >= 0.3 is 0 Å². The molecule has 106 valence electrons. The summed E-state index contributed by atoms with van der Waals surface area (Å²) in [6.07, 6.45) is 2.51. The molecule has 0 aromatic carbocycles. The first-order valence-corrected chi connectivity index (χ1v) is 7.43. The lowest BCUT2D eigenvalue weighted by atomic mass is 9.83. The van der Waals surface area contributed by atoms with Gasteiger partial charge in [0.1, 0.15) is 5.82 Å². The van der Waals surface area contributed by atoms with E-state index in [1.165, 1.54) is 18.4 Å². The highest BCUT2D eigenvalue weighted by Gasteiger charge is 2.26. The number of nitrogens with zero attached hydrogens (tertiary/aromatic N) is 2. The minimum Gasteiger partial charge on any atom is -0.357 e. The Labute approximate surface area is 117 Å². The van der Waals surface area contributed by atoms with Gasteiger partial charge in [-0.2, -0.15) is 0 Å². The summed E-state index contributed by atoms with van der Waals surface area (Å²) in [5.41, 5.74) is 2.96. The van der Waals surface area contributed by atoms with Crippen LogP contribution in [0.3, 0.4) is 0 Å². The molecule has 2 heterocycles. The van der Waals surface area contributed by atoms with Crippen molar-refractivity contribution >= 4 is 5.82 Å². The van der Waals surface area contributed by atoms with Gasteiger partial charge in [0.25, 0.3) is 0 Å². The number of anilines is 1. The van der Waals surface area contributed by atoms with Gasteiger partial charge in [0.05, 0.1) is 0 Å². The number of nitrogens with one attached hydrogen (secondary N) is 1. The molecule has 1 aromatic heterocycles. The topological polar surface area (TPSA) is 28.2 Å². The van der Waals surface area contributed by atoms with Gasteiger partial charge in [-0.05, 0) is 49.4 Å². The van der Waals surface area contributed by atoms with E-state index in [9.17, 15) is 0 Å². The first-order chi connectivity index (χ1) is 9.00. The van der Waals surface area contributed by atoms with E-state index in [2.05, 4.69) is 50.0 Å². The van der Waals surface area contributed by atoms with Crippen molar-refractivity contribution in [2.75, 3.05) is 24.5 Å². The van der Waals surface area contributed by atoms with Crippen molar-refractivity contribution in [3.05, 3.63) is 23.4 Å². The SMILES string of the molecule is CCNCc1cc(C)nc(N2CCC(C)(C)CC2)c1. The van der Waals surface area contributed by atoms with Gasteiger partial charge in [0.2, 0.25) is 0 Å². The van der Waals surface area contributed by atoms with Crippen LogP contribution < -0.4 is 10.2 Å². The van der Waals surface area contributed by atoms with Gasteiger partial charge in [-0.15, -0.1) is 0 Å². The first-order valence-electron chi connectivity index (χ1n) is 7.43. The quantitative estimate of drug-likeness (QED) is 0.902. The molecule has 0 saturated carbocycles. The number of piperidine rings is 1. The molecule has 2 rings (SSSR count).